The molecule has 5 heteroatoms. The van der Waals surface area contributed by atoms with Gasteiger partial charge in [0.05, 0.1) is 25.6 Å². The third-order valence-electron chi connectivity index (χ3n) is 3.01. The second-order valence-corrected chi connectivity index (χ2v) is 5.08. The molecule has 1 aromatic heterocycles. The maximum absolute atomic E-state index is 9.28. The molecule has 0 saturated heterocycles. The van der Waals surface area contributed by atoms with Crippen LogP contribution in [0.1, 0.15) is 11.1 Å². The molecule has 4 nitrogen and oxygen atoms in total. The van der Waals surface area contributed by atoms with Crippen molar-refractivity contribution in [1.82, 2.24) is 4.98 Å². The Morgan fingerprint density at radius 2 is 2.20 bits per heavy atom. The van der Waals surface area contributed by atoms with Gasteiger partial charge in [-0.1, -0.05) is 6.07 Å². The number of thioether (sulfide) groups is 1. The van der Waals surface area contributed by atoms with Crippen LogP contribution in [0.4, 0.5) is 5.69 Å². The fraction of sp³-hybridized carbons (Fsp3) is 0.267. The van der Waals surface area contributed by atoms with Crippen LogP contribution < -0.4 is 10.1 Å². The number of methoxy groups -OCH3 is 1. The molecule has 0 aliphatic carbocycles. The predicted octanol–water partition coefficient (Wildman–Crippen LogP) is 2.92. The van der Waals surface area contributed by atoms with Gasteiger partial charge in [-0.2, -0.15) is 0 Å². The number of anilines is 1. The monoisotopic (exact) mass is 290 g/mol. The summed E-state index contributed by atoms with van der Waals surface area (Å²) in [5.74, 6) is 0.888. The van der Waals surface area contributed by atoms with E-state index in [4.69, 9.17) is 4.74 Å². The van der Waals surface area contributed by atoms with Crippen LogP contribution in [-0.2, 0) is 13.2 Å². The number of aromatic nitrogens is 1. The quantitative estimate of drug-likeness (QED) is 0.801. The Hall–Kier alpha value is -1.72. The van der Waals surface area contributed by atoms with Gasteiger partial charge in [0.1, 0.15) is 5.75 Å². The van der Waals surface area contributed by atoms with Crippen molar-refractivity contribution in [2.24, 2.45) is 0 Å². The fourth-order valence-electron chi connectivity index (χ4n) is 1.91. The lowest BCUT2D eigenvalue weighted by Crippen LogP contribution is -2.03. The normalized spacial score (nSPS) is 10.3. The molecule has 0 bridgehead atoms. The molecular weight excluding hydrogens is 272 g/mol. The molecule has 0 radical (unpaired) electrons. The minimum absolute atomic E-state index is 0.00350. The summed E-state index contributed by atoms with van der Waals surface area (Å²) in [6.45, 7) is 0.680. The fourth-order valence-corrected chi connectivity index (χ4v) is 2.53. The van der Waals surface area contributed by atoms with Crippen molar-refractivity contribution in [2.75, 3.05) is 18.7 Å². The number of aliphatic hydroxyl groups excluding tert-OH is 1. The van der Waals surface area contributed by atoms with E-state index in [2.05, 4.69) is 16.4 Å². The van der Waals surface area contributed by atoms with E-state index in [0.29, 0.717) is 6.54 Å². The van der Waals surface area contributed by atoms with Crippen molar-refractivity contribution < 1.29 is 9.84 Å². The highest BCUT2D eigenvalue weighted by molar-refractivity contribution is 7.98. The van der Waals surface area contributed by atoms with Crippen LogP contribution in [0.15, 0.2) is 41.6 Å². The largest absolute Gasteiger partial charge is 0.496 e. The van der Waals surface area contributed by atoms with Gasteiger partial charge < -0.3 is 15.2 Å². The minimum Gasteiger partial charge on any atom is -0.496 e. The molecule has 106 valence electrons. The van der Waals surface area contributed by atoms with E-state index in [1.807, 2.05) is 24.5 Å². The molecule has 2 rings (SSSR count). The number of nitrogens with zero attached hydrogens (tertiary/aromatic N) is 1. The molecule has 0 aliphatic heterocycles. The number of pyridine rings is 1. The van der Waals surface area contributed by atoms with E-state index in [0.717, 1.165) is 27.5 Å². The molecule has 2 N–H and O–H groups in total. The number of benzene rings is 1. The topological polar surface area (TPSA) is 54.4 Å². The van der Waals surface area contributed by atoms with Crippen LogP contribution in [0, 0.1) is 0 Å². The summed E-state index contributed by atoms with van der Waals surface area (Å²) in [4.78, 5) is 5.18. The van der Waals surface area contributed by atoms with Crippen LogP contribution in [0.2, 0.25) is 0 Å². The summed E-state index contributed by atoms with van der Waals surface area (Å²) < 4.78 is 5.31. The molecule has 0 spiro atoms. The molecule has 2 aromatic rings. The predicted molar refractivity (Wildman–Crippen MR) is 82.3 cm³/mol. The van der Waals surface area contributed by atoms with Crippen LogP contribution >= 0.6 is 11.8 Å². The van der Waals surface area contributed by atoms with Crippen molar-refractivity contribution in [3.8, 4) is 5.75 Å². The summed E-state index contributed by atoms with van der Waals surface area (Å²) >= 11 is 1.66. The smallest absolute Gasteiger partial charge is 0.132 e. The van der Waals surface area contributed by atoms with Gasteiger partial charge in [-0.15, -0.1) is 11.8 Å². The zero-order chi connectivity index (χ0) is 14.4. The molecule has 0 atom stereocenters. The maximum Gasteiger partial charge on any atom is 0.132 e. The Kier molecular flexibility index (Phi) is 5.26. The number of hydrogen-bond acceptors (Lipinski definition) is 5. The van der Waals surface area contributed by atoms with Crippen LogP contribution in [0.3, 0.4) is 0 Å². The summed E-state index contributed by atoms with van der Waals surface area (Å²) in [5, 5.41) is 12.6. The minimum atomic E-state index is 0.00350. The molecular formula is C15H18N2O2S. The highest BCUT2D eigenvalue weighted by Crippen LogP contribution is 2.28. The van der Waals surface area contributed by atoms with Crippen molar-refractivity contribution in [1.29, 1.82) is 0 Å². The van der Waals surface area contributed by atoms with Gasteiger partial charge in [-0.3, -0.25) is 4.98 Å². The van der Waals surface area contributed by atoms with Gasteiger partial charge in [0, 0.05) is 23.2 Å². The van der Waals surface area contributed by atoms with Gasteiger partial charge >= 0.3 is 0 Å². The van der Waals surface area contributed by atoms with Crippen LogP contribution in [0.25, 0.3) is 0 Å². The first kappa shape index (κ1) is 14.7. The molecule has 0 unspecified atom stereocenters. The number of hydrogen-bond donors (Lipinski definition) is 2. The lowest BCUT2D eigenvalue weighted by Gasteiger charge is -2.12. The second kappa shape index (κ2) is 7.17. The van der Waals surface area contributed by atoms with Gasteiger partial charge in [0.25, 0.3) is 0 Å². The molecule has 0 amide bonds. The lowest BCUT2D eigenvalue weighted by molar-refractivity contribution is 0.282. The highest BCUT2D eigenvalue weighted by Gasteiger charge is 2.05. The molecule has 1 heterocycles. The third-order valence-corrected chi connectivity index (χ3v) is 3.77. The second-order valence-electron chi connectivity index (χ2n) is 4.23. The first-order valence-corrected chi connectivity index (χ1v) is 7.49. The highest BCUT2D eigenvalue weighted by atomic mass is 32.2. The zero-order valence-corrected chi connectivity index (χ0v) is 12.4. The molecule has 0 saturated carbocycles. The van der Waals surface area contributed by atoms with Crippen LogP contribution in [-0.4, -0.2) is 23.5 Å². The first-order chi connectivity index (χ1) is 9.78. The van der Waals surface area contributed by atoms with Gasteiger partial charge in [-0.05, 0) is 30.0 Å². The number of nitrogens with one attached hydrogen (secondary N) is 1. The first-order valence-electron chi connectivity index (χ1n) is 6.27. The lowest BCUT2D eigenvalue weighted by atomic mass is 10.2. The van der Waals surface area contributed by atoms with Gasteiger partial charge in [0.15, 0.2) is 0 Å². The average molecular weight is 290 g/mol. The Morgan fingerprint density at radius 1 is 1.35 bits per heavy atom. The third kappa shape index (κ3) is 3.43. The SMILES string of the molecule is COc1ccc(CNc2cnccc2CO)cc1SC. The van der Waals surface area contributed by atoms with Gasteiger partial charge in [0.2, 0.25) is 0 Å². The van der Waals surface area contributed by atoms with E-state index in [-0.39, 0.29) is 6.61 Å². The summed E-state index contributed by atoms with van der Waals surface area (Å²) in [7, 11) is 1.68. The average Bonchev–Trinajstić information content (AvgIpc) is 2.52. The van der Waals surface area contributed by atoms with Crippen molar-refractivity contribution >= 4 is 17.4 Å². The summed E-state index contributed by atoms with van der Waals surface area (Å²) in [5.41, 5.74) is 2.86. The van der Waals surface area contributed by atoms with Crippen molar-refractivity contribution in [3.63, 3.8) is 0 Å². The molecule has 20 heavy (non-hydrogen) atoms. The van der Waals surface area contributed by atoms with E-state index < -0.39 is 0 Å². The van der Waals surface area contributed by atoms with E-state index >= 15 is 0 Å². The standard InChI is InChI=1S/C15H18N2O2S/c1-19-14-4-3-11(7-15(14)20-2)8-17-13-9-16-6-5-12(13)10-18/h3-7,9,17-18H,8,10H2,1-2H3. The summed E-state index contributed by atoms with van der Waals surface area (Å²) in [6, 6.07) is 7.91. The molecule has 0 aliphatic rings. The molecule has 0 fully saturated rings. The Morgan fingerprint density at radius 3 is 2.90 bits per heavy atom. The number of rotatable bonds is 6. The Balaban J connectivity index is 2.11. The number of ether oxygens (including phenoxy) is 1. The van der Waals surface area contributed by atoms with Crippen LogP contribution in [0.5, 0.6) is 5.75 Å². The maximum atomic E-state index is 9.28. The van der Waals surface area contributed by atoms with Crippen molar-refractivity contribution in [2.45, 2.75) is 18.0 Å². The number of aliphatic hydroxyl groups is 1. The van der Waals surface area contributed by atoms with E-state index in [1.54, 1.807) is 31.3 Å². The Bertz CT molecular complexity index is 576. The molecule has 1 aromatic carbocycles. The van der Waals surface area contributed by atoms with Gasteiger partial charge in [-0.25, -0.2) is 0 Å². The summed E-state index contributed by atoms with van der Waals surface area (Å²) in [6.07, 6.45) is 5.43. The zero-order valence-electron chi connectivity index (χ0n) is 11.6. The van der Waals surface area contributed by atoms with Crippen molar-refractivity contribution in [3.05, 3.63) is 47.8 Å². The Labute approximate surface area is 123 Å². The van der Waals surface area contributed by atoms with E-state index in [9.17, 15) is 5.11 Å². The van der Waals surface area contributed by atoms with E-state index in [1.165, 1.54) is 0 Å².